The standard InChI is InChI=1S/C13H13F3N2O3/c14-13(15,16)8-2-3-10(9(6-8)12(20)21)18-5-1-4-17-11(19)7-18/h2-3,6H,1,4-5,7H2,(H,17,19)(H,20,21). The molecule has 2 N–H and O–H groups in total. The van der Waals surface area contributed by atoms with E-state index in [1.165, 1.54) is 4.90 Å². The molecule has 114 valence electrons. The van der Waals surface area contributed by atoms with Crippen LogP contribution in [-0.2, 0) is 11.0 Å². The molecule has 0 aromatic heterocycles. The molecular weight excluding hydrogens is 289 g/mol. The number of carbonyl (C=O) groups excluding carboxylic acids is 1. The van der Waals surface area contributed by atoms with Gasteiger partial charge in [0.2, 0.25) is 5.91 Å². The van der Waals surface area contributed by atoms with Crippen LogP contribution < -0.4 is 10.2 Å². The van der Waals surface area contributed by atoms with Gasteiger partial charge in [-0.3, -0.25) is 4.79 Å². The zero-order valence-corrected chi connectivity index (χ0v) is 10.9. The lowest BCUT2D eigenvalue weighted by Gasteiger charge is -2.23. The summed E-state index contributed by atoms with van der Waals surface area (Å²) in [5.74, 6) is -1.75. The van der Waals surface area contributed by atoms with E-state index in [0.29, 0.717) is 25.6 Å². The maximum absolute atomic E-state index is 12.7. The van der Waals surface area contributed by atoms with Crippen molar-refractivity contribution in [3.8, 4) is 0 Å². The fraction of sp³-hybridized carbons (Fsp3) is 0.385. The number of amides is 1. The monoisotopic (exact) mass is 302 g/mol. The maximum Gasteiger partial charge on any atom is 0.416 e. The van der Waals surface area contributed by atoms with Gasteiger partial charge < -0.3 is 15.3 Å². The number of rotatable bonds is 2. The minimum atomic E-state index is -4.61. The van der Waals surface area contributed by atoms with Crippen LogP contribution in [0.15, 0.2) is 18.2 Å². The fourth-order valence-corrected chi connectivity index (χ4v) is 2.17. The molecule has 0 spiro atoms. The van der Waals surface area contributed by atoms with Crippen LogP contribution in [0.3, 0.4) is 0 Å². The SMILES string of the molecule is O=C1CN(c2ccc(C(F)(F)F)cc2C(=O)O)CCCN1. The summed E-state index contributed by atoms with van der Waals surface area (Å²) < 4.78 is 38.0. The first-order valence-corrected chi connectivity index (χ1v) is 6.25. The van der Waals surface area contributed by atoms with E-state index in [0.717, 1.165) is 12.1 Å². The van der Waals surface area contributed by atoms with Crippen LogP contribution in [0.1, 0.15) is 22.3 Å². The summed E-state index contributed by atoms with van der Waals surface area (Å²) in [5, 5.41) is 11.7. The van der Waals surface area contributed by atoms with Crippen molar-refractivity contribution in [2.24, 2.45) is 0 Å². The highest BCUT2D eigenvalue weighted by molar-refractivity contribution is 5.96. The molecule has 0 unspecified atom stereocenters. The zero-order chi connectivity index (χ0) is 15.6. The number of alkyl halides is 3. The Morgan fingerprint density at radius 2 is 2.05 bits per heavy atom. The molecule has 0 bridgehead atoms. The van der Waals surface area contributed by atoms with Gasteiger partial charge in [-0.2, -0.15) is 13.2 Å². The fourth-order valence-electron chi connectivity index (χ4n) is 2.17. The van der Waals surface area contributed by atoms with Gasteiger partial charge in [0.1, 0.15) is 0 Å². The van der Waals surface area contributed by atoms with E-state index in [4.69, 9.17) is 5.11 Å². The van der Waals surface area contributed by atoms with Gasteiger partial charge in [-0.1, -0.05) is 0 Å². The van der Waals surface area contributed by atoms with Crippen molar-refractivity contribution in [1.29, 1.82) is 0 Å². The molecule has 5 nitrogen and oxygen atoms in total. The predicted octanol–water partition coefficient (Wildman–Crippen LogP) is 1.73. The van der Waals surface area contributed by atoms with E-state index in [1.54, 1.807) is 0 Å². The van der Waals surface area contributed by atoms with E-state index in [2.05, 4.69) is 5.32 Å². The molecule has 1 fully saturated rings. The minimum absolute atomic E-state index is 0.0777. The van der Waals surface area contributed by atoms with Gasteiger partial charge in [-0.25, -0.2) is 4.79 Å². The Hall–Kier alpha value is -2.25. The number of hydrogen-bond donors (Lipinski definition) is 2. The Labute approximate surface area is 118 Å². The van der Waals surface area contributed by atoms with Crippen LogP contribution >= 0.6 is 0 Å². The van der Waals surface area contributed by atoms with Crippen molar-refractivity contribution in [3.05, 3.63) is 29.3 Å². The van der Waals surface area contributed by atoms with E-state index < -0.39 is 23.3 Å². The molecule has 1 amide bonds. The van der Waals surface area contributed by atoms with E-state index in [1.807, 2.05) is 0 Å². The molecule has 1 heterocycles. The van der Waals surface area contributed by atoms with Crippen molar-refractivity contribution in [1.82, 2.24) is 5.32 Å². The number of halogens is 3. The number of nitrogens with one attached hydrogen (secondary N) is 1. The first-order chi connectivity index (χ1) is 9.79. The largest absolute Gasteiger partial charge is 0.478 e. The number of hydrogen-bond acceptors (Lipinski definition) is 3. The summed E-state index contributed by atoms with van der Waals surface area (Å²) in [5.41, 5.74) is -1.37. The number of anilines is 1. The molecule has 1 aromatic carbocycles. The van der Waals surface area contributed by atoms with Crippen molar-refractivity contribution in [2.75, 3.05) is 24.5 Å². The lowest BCUT2D eigenvalue weighted by atomic mass is 10.1. The minimum Gasteiger partial charge on any atom is -0.478 e. The molecule has 1 aliphatic heterocycles. The van der Waals surface area contributed by atoms with E-state index in [-0.39, 0.29) is 18.1 Å². The Balaban J connectivity index is 2.43. The molecular formula is C13H13F3N2O3. The highest BCUT2D eigenvalue weighted by Crippen LogP contribution is 2.33. The van der Waals surface area contributed by atoms with Crippen LogP contribution in [-0.4, -0.2) is 36.6 Å². The number of benzene rings is 1. The molecule has 0 saturated carbocycles. The average molecular weight is 302 g/mol. The Morgan fingerprint density at radius 3 is 2.67 bits per heavy atom. The molecule has 21 heavy (non-hydrogen) atoms. The molecule has 1 aliphatic rings. The number of carboxylic acid groups (broad SMARTS) is 1. The van der Waals surface area contributed by atoms with E-state index >= 15 is 0 Å². The number of nitrogens with zero attached hydrogens (tertiary/aromatic N) is 1. The molecule has 1 saturated heterocycles. The lowest BCUT2D eigenvalue weighted by molar-refractivity contribution is -0.137. The molecule has 0 atom stereocenters. The predicted molar refractivity (Wildman–Crippen MR) is 68.2 cm³/mol. The smallest absolute Gasteiger partial charge is 0.416 e. The summed E-state index contributed by atoms with van der Waals surface area (Å²) in [7, 11) is 0. The third-order valence-electron chi connectivity index (χ3n) is 3.16. The summed E-state index contributed by atoms with van der Waals surface area (Å²) in [4.78, 5) is 24.2. The van der Waals surface area contributed by atoms with Crippen molar-refractivity contribution >= 4 is 17.6 Å². The first-order valence-electron chi connectivity index (χ1n) is 6.25. The van der Waals surface area contributed by atoms with Crippen LogP contribution in [0.25, 0.3) is 0 Å². The van der Waals surface area contributed by atoms with Gasteiger partial charge in [-0.05, 0) is 24.6 Å². The maximum atomic E-state index is 12.7. The second-order valence-corrected chi connectivity index (χ2v) is 4.66. The molecule has 8 heteroatoms. The van der Waals surface area contributed by atoms with Gasteiger partial charge in [0.05, 0.1) is 23.4 Å². The highest BCUT2D eigenvalue weighted by atomic mass is 19.4. The first kappa shape index (κ1) is 15.1. The highest BCUT2D eigenvalue weighted by Gasteiger charge is 2.32. The Morgan fingerprint density at radius 1 is 1.33 bits per heavy atom. The topological polar surface area (TPSA) is 69.6 Å². The molecule has 0 aliphatic carbocycles. The summed E-state index contributed by atoms with van der Waals surface area (Å²) in [6.07, 6.45) is -4.02. The van der Waals surface area contributed by atoms with E-state index in [9.17, 15) is 22.8 Å². The summed E-state index contributed by atoms with van der Waals surface area (Å²) >= 11 is 0. The van der Waals surface area contributed by atoms with Gasteiger partial charge in [-0.15, -0.1) is 0 Å². The quantitative estimate of drug-likeness (QED) is 0.873. The van der Waals surface area contributed by atoms with Gasteiger partial charge in [0.15, 0.2) is 0 Å². The summed E-state index contributed by atoms with van der Waals surface area (Å²) in [6, 6.07) is 2.52. The van der Waals surface area contributed by atoms with Gasteiger partial charge in [0.25, 0.3) is 0 Å². The van der Waals surface area contributed by atoms with Gasteiger partial charge in [0, 0.05) is 13.1 Å². The van der Waals surface area contributed by atoms with Crippen molar-refractivity contribution in [2.45, 2.75) is 12.6 Å². The second-order valence-electron chi connectivity index (χ2n) is 4.66. The third kappa shape index (κ3) is 3.45. The van der Waals surface area contributed by atoms with Crippen molar-refractivity contribution in [3.63, 3.8) is 0 Å². The molecule has 1 aromatic rings. The zero-order valence-electron chi connectivity index (χ0n) is 10.9. The molecule has 2 rings (SSSR count). The van der Waals surface area contributed by atoms with Crippen LogP contribution in [0, 0.1) is 0 Å². The second kappa shape index (κ2) is 5.63. The number of aromatic carboxylic acids is 1. The van der Waals surface area contributed by atoms with Crippen LogP contribution in [0.5, 0.6) is 0 Å². The Bertz CT molecular complexity index is 572. The number of carbonyl (C=O) groups is 2. The van der Waals surface area contributed by atoms with Crippen LogP contribution in [0.4, 0.5) is 18.9 Å². The lowest BCUT2D eigenvalue weighted by Crippen LogP contribution is -2.34. The number of carboxylic acids is 1. The summed E-state index contributed by atoms with van der Waals surface area (Å²) in [6.45, 7) is 0.772. The van der Waals surface area contributed by atoms with Gasteiger partial charge >= 0.3 is 12.1 Å². The molecule has 0 radical (unpaired) electrons. The average Bonchev–Trinajstić information content (AvgIpc) is 2.61. The normalized spacial score (nSPS) is 16.3. The van der Waals surface area contributed by atoms with Crippen LogP contribution in [0.2, 0.25) is 0 Å². The third-order valence-corrected chi connectivity index (χ3v) is 3.16. The Kier molecular flexibility index (Phi) is 4.06. The van der Waals surface area contributed by atoms with Crippen molar-refractivity contribution < 1.29 is 27.9 Å².